The maximum atomic E-state index is 12.5. The van der Waals surface area contributed by atoms with E-state index in [9.17, 15) is 4.79 Å². The molecule has 4 rings (SSSR count). The lowest BCUT2D eigenvalue weighted by molar-refractivity contribution is 0.102. The number of carbonyl (C=O) groups is 1. The Labute approximate surface area is 136 Å². The average molecular weight is 323 g/mol. The molecule has 1 aliphatic heterocycles. The Morgan fingerprint density at radius 1 is 1.30 bits per heavy atom. The zero-order chi connectivity index (χ0) is 15.8. The minimum absolute atomic E-state index is 0.253. The third-order valence-electron chi connectivity index (χ3n) is 3.59. The van der Waals surface area contributed by atoms with E-state index in [2.05, 4.69) is 20.6 Å². The zero-order valence-corrected chi connectivity index (χ0v) is 13.2. The summed E-state index contributed by atoms with van der Waals surface area (Å²) in [6.07, 6.45) is 1.66. The Kier molecular flexibility index (Phi) is 3.34. The van der Waals surface area contributed by atoms with Gasteiger partial charge in [-0.2, -0.15) is 0 Å². The number of aryl methyl sites for hydroxylation is 1. The van der Waals surface area contributed by atoms with Crippen LogP contribution < -0.4 is 5.32 Å². The molecule has 0 fully saturated rings. The minimum Gasteiger partial charge on any atom is -0.320 e. The number of anilines is 1. The van der Waals surface area contributed by atoms with Crippen LogP contribution in [0.5, 0.6) is 0 Å². The number of aromatic nitrogens is 4. The van der Waals surface area contributed by atoms with E-state index in [1.807, 2.05) is 37.3 Å². The molecule has 0 spiro atoms. The number of rotatable bonds is 2. The van der Waals surface area contributed by atoms with Gasteiger partial charge in [-0.25, -0.2) is 4.68 Å². The number of fused-ring (bicyclic) bond motifs is 3. The van der Waals surface area contributed by atoms with Crippen molar-refractivity contribution in [2.45, 2.75) is 17.6 Å². The topological polar surface area (TPSA) is 72.7 Å². The number of amides is 1. The van der Waals surface area contributed by atoms with Gasteiger partial charge in [-0.1, -0.05) is 17.3 Å². The number of pyridine rings is 1. The van der Waals surface area contributed by atoms with Crippen molar-refractivity contribution in [2.75, 3.05) is 5.32 Å². The molecule has 0 radical (unpaired) electrons. The van der Waals surface area contributed by atoms with Gasteiger partial charge in [0.2, 0.25) is 0 Å². The van der Waals surface area contributed by atoms with Crippen LogP contribution in [0.15, 0.2) is 47.5 Å². The van der Waals surface area contributed by atoms with Crippen LogP contribution in [-0.4, -0.2) is 25.9 Å². The first kappa shape index (κ1) is 14.0. The summed E-state index contributed by atoms with van der Waals surface area (Å²) in [5.41, 5.74) is 3.69. The first-order valence-corrected chi connectivity index (χ1v) is 8.12. The number of benzene rings is 1. The molecule has 114 valence electrons. The lowest BCUT2D eigenvalue weighted by atomic mass is 10.2. The van der Waals surface area contributed by atoms with Gasteiger partial charge in [-0.15, -0.1) is 16.9 Å². The lowest BCUT2D eigenvalue weighted by Gasteiger charge is -2.16. The second kappa shape index (κ2) is 5.51. The second-order valence-electron chi connectivity index (χ2n) is 5.19. The number of nitrogens with one attached hydrogen (secondary N) is 1. The molecule has 7 heteroatoms. The van der Waals surface area contributed by atoms with Gasteiger partial charge in [0.1, 0.15) is 0 Å². The number of hydrogen-bond acceptors (Lipinski definition) is 5. The SMILES string of the molecule is Cc1cc(NC(=O)c2nnn3c2CSc2ccccc2-3)ccn1. The van der Waals surface area contributed by atoms with Gasteiger partial charge in [0.05, 0.1) is 11.4 Å². The van der Waals surface area contributed by atoms with Gasteiger partial charge in [0, 0.05) is 28.2 Å². The smallest absolute Gasteiger partial charge is 0.278 e. The molecule has 0 saturated carbocycles. The Morgan fingerprint density at radius 3 is 3.04 bits per heavy atom. The van der Waals surface area contributed by atoms with Crippen molar-refractivity contribution in [3.05, 3.63) is 59.7 Å². The first-order valence-electron chi connectivity index (χ1n) is 7.13. The summed E-state index contributed by atoms with van der Waals surface area (Å²) >= 11 is 1.69. The van der Waals surface area contributed by atoms with Gasteiger partial charge < -0.3 is 5.32 Å². The monoisotopic (exact) mass is 323 g/mol. The van der Waals surface area contributed by atoms with Crippen LogP contribution in [0.1, 0.15) is 21.9 Å². The molecule has 0 unspecified atom stereocenters. The fraction of sp³-hybridized carbons (Fsp3) is 0.125. The van der Waals surface area contributed by atoms with E-state index in [0.29, 0.717) is 17.1 Å². The van der Waals surface area contributed by atoms with Gasteiger partial charge in [0.15, 0.2) is 5.69 Å². The maximum absolute atomic E-state index is 12.5. The van der Waals surface area contributed by atoms with Crippen molar-refractivity contribution < 1.29 is 4.79 Å². The Hall–Kier alpha value is -2.67. The molecule has 0 atom stereocenters. The summed E-state index contributed by atoms with van der Waals surface area (Å²) in [5, 5.41) is 11.1. The highest BCUT2D eigenvalue weighted by molar-refractivity contribution is 7.98. The summed E-state index contributed by atoms with van der Waals surface area (Å²) in [6.45, 7) is 1.88. The number of carbonyl (C=O) groups excluding carboxylic acids is 1. The number of nitrogens with zero attached hydrogens (tertiary/aromatic N) is 4. The third kappa shape index (κ3) is 2.49. The molecule has 1 aliphatic rings. The van der Waals surface area contributed by atoms with Crippen molar-refractivity contribution in [1.29, 1.82) is 0 Å². The quantitative estimate of drug-likeness (QED) is 0.785. The predicted molar refractivity (Wildman–Crippen MR) is 87.8 cm³/mol. The molecule has 1 N–H and O–H groups in total. The largest absolute Gasteiger partial charge is 0.320 e. The molecule has 0 aliphatic carbocycles. The second-order valence-corrected chi connectivity index (χ2v) is 6.21. The van der Waals surface area contributed by atoms with Crippen molar-refractivity contribution in [1.82, 2.24) is 20.0 Å². The lowest BCUT2D eigenvalue weighted by Crippen LogP contribution is -2.16. The molecule has 2 aromatic heterocycles. The van der Waals surface area contributed by atoms with Crippen LogP contribution in [0.3, 0.4) is 0 Å². The molecule has 0 saturated heterocycles. The molecule has 3 aromatic rings. The molecule has 23 heavy (non-hydrogen) atoms. The highest BCUT2D eigenvalue weighted by atomic mass is 32.2. The number of hydrogen-bond donors (Lipinski definition) is 1. The standard InChI is InChI=1S/C16H13N5OS/c1-10-8-11(6-7-17-10)18-16(22)15-13-9-23-14-5-3-2-4-12(14)21(13)20-19-15/h2-8H,9H2,1H3,(H,17,18,22). The molecule has 1 amide bonds. The minimum atomic E-state index is -0.253. The number of thioether (sulfide) groups is 1. The zero-order valence-electron chi connectivity index (χ0n) is 12.4. The van der Waals surface area contributed by atoms with E-state index in [-0.39, 0.29) is 5.91 Å². The first-order chi connectivity index (χ1) is 11.2. The van der Waals surface area contributed by atoms with Crippen LogP contribution in [0, 0.1) is 6.92 Å². The van der Waals surface area contributed by atoms with E-state index in [1.165, 1.54) is 0 Å². The van der Waals surface area contributed by atoms with E-state index in [4.69, 9.17) is 0 Å². The average Bonchev–Trinajstić information content (AvgIpc) is 2.99. The fourth-order valence-electron chi connectivity index (χ4n) is 2.51. The fourth-order valence-corrected chi connectivity index (χ4v) is 3.54. The molecular weight excluding hydrogens is 310 g/mol. The van der Waals surface area contributed by atoms with Crippen molar-refractivity contribution in [3.63, 3.8) is 0 Å². The highest BCUT2D eigenvalue weighted by Crippen LogP contribution is 2.35. The van der Waals surface area contributed by atoms with Crippen molar-refractivity contribution in [2.24, 2.45) is 0 Å². The summed E-state index contributed by atoms with van der Waals surface area (Å²) < 4.78 is 1.75. The van der Waals surface area contributed by atoms with Gasteiger partial charge >= 0.3 is 0 Å². The van der Waals surface area contributed by atoms with Gasteiger partial charge in [-0.05, 0) is 31.2 Å². The third-order valence-corrected chi connectivity index (χ3v) is 4.66. The molecule has 1 aromatic carbocycles. The number of para-hydroxylation sites is 1. The van der Waals surface area contributed by atoms with E-state index in [0.717, 1.165) is 22.0 Å². The van der Waals surface area contributed by atoms with E-state index in [1.54, 1.807) is 28.7 Å². The van der Waals surface area contributed by atoms with Crippen LogP contribution in [0.25, 0.3) is 5.69 Å². The van der Waals surface area contributed by atoms with Gasteiger partial charge in [-0.3, -0.25) is 9.78 Å². The Bertz CT molecular complexity index is 905. The molecule has 0 bridgehead atoms. The van der Waals surface area contributed by atoms with E-state index >= 15 is 0 Å². The Balaban J connectivity index is 1.67. The van der Waals surface area contributed by atoms with Crippen LogP contribution in [0.4, 0.5) is 5.69 Å². The molecular formula is C16H13N5OS. The summed E-state index contributed by atoms with van der Waals surface area (Å²) in [5.74, 6) is 0.416. The van der Waals surface area contributed by atoms with Gasteiger partial charge in [0.25, 0.3) is 5.91 Å². The Morgan fingerprint density at radius 2 is 2.17 bits per heavy atom. The summed E-state index contributed by atoms with van der Waals surface area (Å²) in [4.78, 5) is 17.8. The van der Waals surface area contributed by atoms with Crippen LogP contribution in [0.2, 0.25) is 0 Å². The molecule has 6 nitrogen and oxygen atoms in total. The van der Waals surface area contributed by atoms with Crippen molar-refractivity contribution >= 4 is 23.4 Å². The normalized spacial score (nSPS) is 12.4. The highest BCUT2D eigenvalue weighted by Gasteiger charge is 2.25. The maximum Gasteiger partial charge on any atom is 0.278 e. The van der Waals surface area contributed by atoms with E-state index < -0.39 is 0 Å². The van der Waals surface area contributed by atoms with Crippen LogP contribution >= 0.6 is 11.8 Å². The van der Waals surface area contributed by atoms with Crippen LogP contribution in [-0.2, 0) is 5.75 Å². The molecule has 3 heterocycles. The summed E-state index contributed by atoms with van der Waals surface area (Å²) in [7, 11) is 0. The predicted octanol–water partition coefficient (Wildman–Crippen LogP) is 2.83. The summed E-state index contributed by atoms with van der Waals surface area (Å²) in [6, 6.07) is 11.5. The van der Waals surface area contributed by atoms with Crippen molar-refractivity contribution in [3.8, 4) is 5.69 Å².